The van der Waals surface area contributed by atoms with Crippen molar-refractivity contribution in [2.24, 2.45) is 0 Å². The first kappa shape index (κ1) is 16.3. The molecule has 0 amide bonds. The average Bonchev–Trinajstić information content (AvgIpc) is 2.52. The number of aliphatic hydroxyl groups excluding tert-OH is 1. The van der Waals surface area contributed by atoms with Crippen LogP contribution in [0.15, 0.2) is 30.5 Å². The third-order valence-corrected chi connectivity index (χ3v) is 2.99. The van der Waals surface area contributed by atoms with Crippen LogP contribution in [0.25, 0.3) is 0 Å². The number of halogens is 1. The summed E-state index contributed by atoms with van der Waals surface area (Å²) in [6.45, 7) is 0.357. The molecule has 0 bridgehead atoms. The molecule has 0 fully saturated rings. The number of hydrogen-bond acceptors (Lipinski definition) is 7. The highest BCUT2D eigenvalue weighted by Crippen LogP contribution is 2.23. The van der Waals surface area contributed by atoms with E-state index in [4.69, 9.17) is 26.8 Å². The molecule has 22 heavy (non-hydrogen) atoms. The number of aliphatic hydroxyl groups is 1. The molecule has 8 heteroatoms. The van der Waals surface area contributed by atoms with Crippen LogP contribution >= 0.6 is 11.6 Å². The smallest absolute Gasteiger partial charge is 0.224 e. The van der Waals surface area contributed by atoms with Crippen molar-refractivity contribution in [2.45, 2.75) is 12.7 Å². The summed E-state index contributed by atoms with van der Waals surface area (Å²) < 4.78 is 10.2. The number of aromatic nitrogens is 2. The summed E-state index contributed by atoms with van der Waals surface area (Å²) in [5, 5.41) is 12.4. The first-order chi connectivity index (χ1) is 10.6. The van der Waals surface area contributed by atoms with E-state index in [9.17, 15) is 5.11 Å². The second-order valence-corrected chi connectivity index (χ2v) is 4.76. The Morgan fingerprint density at radius 3 is 2.77 bits per heavy atom. The molecule has 0 aliphatic carbocycles. The Kier molecular flexibility index (Phi) is 5.76. The molecule has 7 nitrogen and oxygen atoms in total. The van der Waals surface area contributed by atoms with E-state index in [1.807, 2.05) is 12.1 Å². The molecular formula is C14H17ClN4O3. The molecule has 4 N–H and O–H groups in total. The molecule has 0 spiro atoms. The minimum Gasteiger partial charge on any atom is -0.493 e. The summed E-state index contributed by atoms with van der Waals surface area (Å²) >= 11 is 5.73. The van der Waals surface area contributed by atoms with E-state index in [1.165, 1.54) is 13.3 Å². The Bertz CT molecular complexity index is 610. The number of nitrogens with zero attached hydrogens (tertiary/aromatic N) is 2. The van der Waals surface area contributed by atoms with E-state index in [0.717, 1.165) is 5.69 Å². The fraction of sp³-hybridized carbons (Fsp3) is 0.286. The first-order valence-electron chi connectivity index (χ1n) is 6.57. The van der Waals surface area contributed by atoms with Crippen LogP contribution in [0.2, 0.25) is 5.28 Å². The molecule has 0 saturated heterocycles. The highest BCUT2D eigenvalue weighted by molar-refractivity contribution is 6.28. The predicted molar refractivity (Wildman–Crippen MR) is 84.3 cm³/mol. The zero-order chi connectivity index (χ0) is 15.9. The van der Waals surface area contributed by atoms with Crippen molar-refractivity contribution >= 4 is 28.8 Å². The van der Waals surface area contributed by atoms with Crippen molar-refractivity contribution in [1.29, 1.82) is 0 Å². The van der Waals surface area contributed by atoms with Gasteiger partial charge in [-0.1, -0.05) is 0 Å². The van der Waals surface area contributed by atoms with Gasteiger partial charge in [-0.2, -0.15) is 4.98 Å². The number of nitrogen functional groups attached to an aromatic ring is 1. The molecule has 1 heterocycles. The quantitative estimate of drug-likeness (QED) is 0.530. The summed E-state index contributed by atoms with van der Waals surface area (Å²) in [4.78, 5) is 7.80. The Balaban J connectivity index is 1.93. The number of hydrogen-bond donors (Lipinski definition) is 3. The van der Waals surface area contributed by atoms with Gasteiger partial charge in [-0.15, -0.1) is 0 Å². The minimum atomic E-state index is -0.813. The maximum atomic E-state index is 9.25. The molecule has 1 aromatic carbocycles. The van der Waals surface area contributed by atoms with Gasteiger partial charge in [-0.05, 0) is 35.9 Å². The molecule has 0 aliphatic rings. The fourth-order valence-corrected chi connectivity index (χ4v) is 1.77. The van der Waals surface area contributed by atoms with Crippen LogP contribution in [0.3, 0.4) is 0 Å². The number of benzene rings is 1. The highest BCUT2D eigenvalue weighted by Gasteiger charge is 2.05. The van der Waals surface area contributed by atoms with Gasteiger partial charge in [0, 0.05) is 19.2 Å². The maximum Gasteiger partial charge on any atom is 0.224 e. The van der Waals surface area contributed by atoms with Gasteiger partial charge in [-0.3, -0.25) is 0 Å². The van der Waals surface area contributed by atoms with E-state index >= 15 is 0 Å². The molecule has 2 rings (SSSR count). The summed E-state index contributed by atoms with van der Waals surface area (Å²) in [7, 11) is 1.44. The van der Waals surface area contributed by atoms with E-state index in [1.54, 1.807) is 12.1 Å². The van der Waals surface area contributed by atoms with Gasteiger partial charge in [0.2, 0.25) is 5.28 Å². The number of rotatable bonds is 7. The van der Waals surface area contributed by atoms with Crippen molar-refractivity contribution in [3.63, 3.8) is 0 Å². The number of ether oxygens (including phenoxy) is 2. The van der Waals surface area contributed by atoms with E-state index in [-0.39, 0.29) is 5.28 Å². The van der Waals surface area contributed by atoms with Crippen molar-refractivity contribution in [2.75, 3.05) is 24.8 Å². The number of anilines is 3. The van der Waals surface area contributed by atoms with Crippen LogP contribution in [0.5, 0.6) is 5.75 Å². The standard InChI is InChI=1S/C14H17ClN4O3/c1-21-12(20)6-7-22-10-4-2-9(3-5-10)18-13-11(16)8-17-14(15)19-13/h2-5,8,12,20H,6-7,16H2,1H3,(H,17,18,19). The largest absolute Gasteiger partial charge is 0.493 e. The molecule has 1 atom stereocenters. The predicted octanol–water partition coefficient (Wildman–Crippen LogP) is 2.19. The van der Waals surface area contributed by atoms with Gasteiger partial charge in [0.1, 0.15) is 5.75 Å². The van der Waals surface area contributed by atoms with Gasteiger partial charge in [0.25, 0.3) is 0 Å². The summed E-state index contributed by atoms with van der Waals surface area (Å²) in [6.07, 6.45) is 1.02. The fourth-order valence-electron chi connectivity index (χ4n) is 1.64. The van der Waals surface area contributed by atoms with Gasteiger partial charge in [0.05, 0.1) is 18.5 Å². The van der Waals surface area contributed by atoms with Crippen LogP contribution in [-0.4, -0.2) is 35.1 Å². The average molecular weight is 325 g/mol. The van der Waals surface area contributed by atoms with Gasteiger partial charge in [-0.25, -0.2) is 4.98 Å². The summed E-state index contributed by atoms with van der Waals surface area (Å²) in [6, 6.07) is 7.22. The molecular weight excluding hydrogens is 308 g/mol. The molecule has 0 aliphatic heterocycles. The highest BCUT2D eigenvalue weighted by atomic mass is 35.5. The van der Waals surface area contributed by atoms with Crippen LogP contribution in [0.4, 0.5) is 17.2 Å². The molecule has 1 aromatic heterocycles. The number of nitrogens with two attached hydrogens (primary N) is 1. The van der Waals surface area contributed by atoms with Crippen LogP contribution in [0, 0.1) is 0 Å². The molecule has 1 unspecified atom stereocenters. The molecule has 2 aromatic rings. The summed E-state index contributed by atoms with van der Waals surface area (Å²) in [5.41, 5.74) is 6.95. The van der Waals surface area contributed by atoms with E-state index < -0.39 is 6.29 Å². The second kappa shape index (κ2) is 7.79. The minimum absolute atomic E-state index is 0.119. The third-order valence-electron chi connectivity index (χ3n) is 2.81. The van der Waals surface area contributed by atoms with Crippen molar-refractivity contribution < 1.29 is 14.6 Å². The van der Waals surface area contributed by atoms with Crippen LogP contribution < -0.4 is 15.8 Å². The lowest BCUT2D eigenvalue weighted by Crippen LogP contribution is -2.13. The van der Waals surface area contributed by atoms with Gasteiger partial charge >= 0.3 is 0 Å². The Hall–Kier alpha value is -2.09. The zero-order valence-corrected chi connectivity index (χ0v) is 12.7. The van der Waals surface area contributed by atoms with E-state index in [2.05, 4.69) is 15.3 Å². The SMILES string of the molecule is COC(O)CCOc1ccc(Nc2nc(Cl)ncc2N)cc1. The van der Waals surface area contributed by atoms with Gasteiger partial charge < -0.3 is 25.6 Å². The lowest BCUT2D eigenvalue weighted by molar-refractivity contribution is -0.0834. The zero-order valence-electron chi connectivity index (χ0n) is 12.0. The van der Waals surface area contributed by atoms with E-state index in [0.29, 0.717) is 30.3 Å². The monoisotopic (exact) mass is 324 g/mol. The third kappa shape index (κ3) is 4.73. The van der Waals surface area contributed by atoms with Crippen molar-refractivity contribution in [3.8, 4) is 5.75 Å². The topological polar surface area (TPSA) is 103 Å². The molecule has 0 saturated carbocycles. The maximum absolute atomic E-state index is 9.25. The van der Waals surface area contributed by atoms with Gasteiger partial charge in [0.15, 0.2) is 12.1 Å². The normalized spacial score (nSPS) is 12.0. The Labute approximate surface area is 133 Å². The number of methoxy groups -OCH3 is 1. The lowest BCUT2D eigenvalue weighted by atomic mass is 10.3. The number of nitrogens with one attached hydrogen (secondary N) is 1. The lowest BCUT2D eigenvalue weighted by Gasteiger charge is -2.11. The Morgan fingerprint density at radius 1 is 1.36 bits per heavy atom. The molecule has 0 radical (unpaired) electrons. The second-order valence-electron chi connectivity index (χ2n) is 4.42. The van der Waals surface area contributed by atoms with Crippen molar-refractivity contribution in [1.82, 2.24) is 9.97 Å². The van der Waals surface area contributed by atoms with Crippen LogP contribution in [0.1, 0.15) is 6.42 Å². The van der Waals surface area contributed by atoms with Crippen molar-refractivity contribution in [3.05, 3.63) is 35.7 Å². The van der Waals surface area contributed by atoms with Crippen LogP contribution in [-0.2, 0) is 4.74 Å². The summed E-state index contributed by atoms with van der Waals surface area (Å²) in [5.74, 6) is 1.12. The Morgan fingerprint density at radius 2 is 2.09 bits per heavy atom. The first-order valence-corrected chi connectivity index (χ1v) is 6.95. The molecule has 118 valence electrons.